The quantitative estimate of drug-likeness (QED) is 0.269. The first-order chi connectivity index (χ1) is 13.9. The smallest absolute Gasteiger partial charge is 0.147 e. The van der Waals surface area contributed by atoms with Gasteiger partial charge >= 0.3 is 0 Å². The van der Waals surface area contributed by atoms with Crippen molar-refractivity contribution in [3.8, 4) is 0 Å². The second-order valence-electron chi connectivity index (χ2n) is 10.5. The van der Waals surface area contributed by atoms with Gasteiger partial charge in [0.05, 0.1) is 5.92 Å². The molecule has 1 rings (SSSR count). The molecule has 0 aliphatic heterocycles. The first-order valence-electron chi connectivity index (χ1n) is 11.9. The minimum Gasteiger partial charge on any atom is -0.299 e. The summed E-state index contributed by atoms with van der Waals surface area (Å²) in [5, 5.41) is 0. The summed E-state index contributed by atoms with van der Waals surface area (Å²) < 4.78 is 0. The lowest BCUT2D eigenvalue weighted by atomic mass is 9.53. The van der Waals surface area contributed by atoms with Crippen LogP contribution in [0.4, 0.5) is 0 Å². The maximum absolute atomic E-state index is 13.7. The van der Waals surface area contributed by atoms with Crippen molar-refractivity contribution in [1.82, 2.24) is 0 Å². The Morgan fingerprint density at radius 1 is 1.00 bits per heavy atom. The number of ketones is 2. The molecule has 0 amide bonds. The largest absolute Gasteiger partial charge is 0.299 e. The molecule has 0 bridgehead atoms. The molecule has 0 aromatic carbocycles. The monoisotopic (exact) mass is 414 g/mol. The molecule has 0 spiro atoms. The van der Waals surface area contributed by atoms with Gasteiger partial charge in [0.1, 0.15) is 11.6 Å². The van der Waals surface area contributed by atoms with Gasteiger partial charge in [0, 0.05) is 11.8 Å². The summed E-state index contributed by atoms with van der Waals surface area (Å²) in [5.41, 5.74) is 3.57. The zero-order chi connectivity index (χ0) is 23.1. The highest BCUT2D eigenvalue weighted by molar-refractivity contribution is 6.05. The van der Waals surface area contributed by atoms with Crippen LogP contribution in [0.2, 0.25) is 0 Å². The minimum atomic E-state index is -0.474. The van der Waals surface area contributed by atoms with Crippen LogP contribution in [0.1, 0.15) is 101 Å². The first kappa shape index (κ1) is 26.6. The molecule has 0 unspecified atom stereocenters. The number of hydrogen-bond donors (Lipinski definition) is 0. The lowest BCUT2D eigenvalue weighted by Crippen LogP contribution is -2.52. The Balaban J connectivity index is 3.45. The molecule has 0 saturated heterocycles. The topological polar surface area (TPSA) is 34.1 Å². The van der Waals surface area contributed by atoms with E-state index in [0.29, 0.717) is 5.92 Å². The third-order valence-electron chi connectivity index (χ3n) is 7.09. The molecule has 1 fully saturated rings. The van der Waals surface area contributed by atoms with E-state index in [1.807, 2.05) is 6.92 Å². The van der Waals surface area contributed by atoms with Gasteiger partial charge < -0.3 is 0 Å². The van der Waals surface area contributed by atoms with Crippen molar-refractivity contribution in [3.05, 3.63) is 34.9 Å². The van der Waals surface area contributed by atoms with Crippen LogP contribution in [0.15, 0.2) is 34.9 Å². The fourth-order valence-corrected chi connectivity index (χ4v) is 4.83. The highest BCUT2D eigenvalue weighted by Gasteiger charge is 2.53. The van der Waals surface area contributed by atoms with E-state index in [4.69, 9.17) is 0 Å². The van der Waals surface area contributed by atoms with Crippen LogP contribution in [0.3, 0.4) is 0 Å². The normalized spacial score (nSPS) is 27.2. The zero-order valence-corrected chi connectivity index (χ0v) is 21.1. The maximum Gasteiger partial charge on any atom is 0.147 e. The zero-order valence-electron chi connectivity index (χ0n) is 21.1. The summed E-state index contributed by atoms with van der Waals surface area (Å²) in [7, 11) is 0. The Bertz CT molecular complexity index is 681. The fraction of sp³-hybridized carbons (Fsp3) is 0.714. The molecule has 2 nitrogen and oxygen atoms in total. The molecule has 170 valence electrons. The second kappa shape index (κ2) is 11.8. The van der Waals surface area contributed by atoms with Crippen molar-refractivity contribution >= 4 is 11.6 Å². The predicted molar refractivity (Wildman–Crippen MR) is 129 cm³/mol. The Labute approximate surface area is 186 Å². The molecule has 0 heterocycles. The van der Waals surface area contributed by atoms with Gasteiger partial charge in [0.2, 0.25) is 0 Å². The Morgan fingerprint density at radius 2 is 1.53 bits per heavy atom. The highest BCUT2D eigenvalue weighted by Crippen LogP contribution is 2.52. The van der Waals surface area contributed by atoms with Crippen molar-refractivity contribution in [2.45, 2.75) is 101 Å². The SMILES string of the molecule is CC[C@@H](C)C(=O)[C@@H]1C(=O)[C@@H](CC=C(C)C)C[C@H](CC=C(C)C)[C@@]1(C)CCC=C(C)C. The summed E-state index contributed by atoms with van der Waals surface area (Å²) in [4.78, 5) is 27.3. The Hall–Kier alpha value is -1.44. The number of allylic oxidation sites excluding steroid dienone is 6. The minimum absolute atomic E-state index is 0.0370. The number of Topliss-reactive ketones (excluding diaryl/α,β-unsaturated/α-hetero) is 2. The molecule has 0 N–H and O–H groups in total. The van der Waals surface area contributed by atoms with Gasteiger partial charge in [-0.2, -0.15) is 0 Å². The predicted octanol–water partition coefficient (Wildman–Crippen LogP) is 7.89. The van der Waals surface area contributed by atoms with E-state index < -0.39 is 5.92 Å². The molecule has 30 heavy (non-hydrogen) atoms. The van der Waals surface area contributed by atoms with Crippen LogP contribution in [-0.2, 0) is 9.59 Å². The molecule has 2 heteroatoms. The Kier molecular flexibility index (Phi) is 10.5. The van der Waals surface area contributed by atoms with Crippen LogP contribution in [0.25, 0.3) is 0 Å². The molecular weight excluding hydrogens is 368 g/mol. The van der Waals surface area contributed by atoms with Gasteiger partial charge in [-0.25, -0.2) is 0 Å². The summed E-state index contributed by atoms with van der Waals surface area (Å²) in [6, 6.07) is 0. The van der Waals surface area contributed by atoms with Gasteiger partial charge in [0.15, 0.2) is 0 Å². The van der Waals surface area contributed by atoms with Crippen molar-refractivity contribution in [2.24, 2.45) is 29.1 Å². The average molecular weight is 415 g/mol. The van der Waals surface area contributed by atoms with E-state index in [2.05, 4.69) is 73.6 Å². The lowest BCUT2D eigenvalue weighted by molar-refractivity contribution is -0.151. The third kappa shape index (κ3) is 7.06. The Morgan fingerprint density at radius 3 is 2.03 bits per heavy atom. The van der Waals surface area contributed by atoms with Gasteiger partial charge in [-0.15, -0.1) is 0 Å². The van der Waals surface area contributed by atoms with Crippen LogP contribution in [0, 0.1) is 29.1 Å². The third-order valence-corrected chi connectivity index (χ3v) is 7.09. The number of carbonyl (C=O) groups is 2. The highest BCUT2D eigenvalue weighted by atomic mass is 16.2. The molecule has 1 saturated carbocycles. The number of hydrogen-bond acceptors (Lipinski definition) is 2. The summed E-state index contributed by atoms with van der Waals surface area (Å²) >= 11 is 0. The summed E-state index contributed by atoms with van der Waals surface area (Å²) in [6.07, 6.45) is 12.0. The molecule has 5 atom stereocenters. The molecule has 0 radical (unpaired) electrons. The molecule has 0 aromatic rings. The van der Waals surface area contributed by atoms with E-state index in [1.54, 1.807) is 0 Å². The van der Waals surface area contributed by atoms with Gasteiger partial charge in [-0.3, -0.25) is 9.59 Å². The molecule has 1 aliphatic carbocycles. The van der Waals surface area contributed by atoms with Crippen LogP contribution in [-0.4, -0.2) is 11.6 Å². The van der Waals surface area contributed by atoms with E-state index in [1.165, 1.54) is 16.7 Å². The molecule has 1 aliphatic rings. The van der Waals surface area contributed by atoms with E-state index in [0.717, 1.165) is 38.5 Å². The molecular formula is C28H46O2. The lowest BCUT2D eigenvalue weighted by Gasteiger charge is -2.49. The fourth-order valence-electron chi connectivity index (χ4n) is 4.83. The van der Waals surface area contributed by atoms with Crippen molar-refractivity contribution in [3.63, 3.8) is 0 Å². The second-order valence-corrected chi connectivity index (χ2v) is 10.5. The van der Waals surface area contributed by atoms with Crippen LogP contribution in [0.5, 0.6) is 0 Å². The molecule has 0 aromatic heterocycles. The van der Waals surface area contributed by atoms with Crippen molar-refractivity contribution in [2.75, 3.05) is 0 Å². The summed E-state index contributed by atoms with van der Waals surface area (Å²) in [6.45, 7) is 19.0. The summed E-state index contributed by atoms with van der Waals surface area (Å²) in [5.74, 6) is 0.150. The first-order valence-corrected chi connectivity index (χ1v) is 11.9. The van der Waals surface area contributed by atoms with E-state index in [9.17, 15) is 9.59 Å². The van der Waals surface area contributed by atoms with Crippen LogP contribution < -0.4 is 0 Å². The standard InChI is InChI=1S/C28H46O2/c1-10-22(8)26(29)25-27(30)23(15-13-20(4)5)18-24(16-14-21(6)7)28(25,9)17-11-12-19(2)3/h12-14,22-25H,10-11,15-18H2,1-9H3/t22-,23+,24+,25-,28-/m1/s1. The maximum atomic E-state index is 13.7. The average Bonchev–Trinajstić information content (AvgIpc) is 2.65. The number of rotatable bonds is 10. The number of carbonyl (C=O) groups excluding carboxylic acids is 2. The van der Waals surface area contributed by atoms with Gasteiger partial charge in [-0.1, -0.05) is 55.7 Å². The van der Waals surface area contributed by atoms with Crippen molar-refractivity contribution < 1.29 is 9.59 Å². The van der Waals surface area contributed by atoms with Crippen LogP contribution >= 0.6 is 0 Å². The van der Waals surface area contributed by atoms with E-state index in [-0.39, 0.29) is 28.8 Å². The van der Waals surface area contributed by atoms with Gasteiger partial charge in [-0.05, 0) is 91.4 Å². The van der Waals surface area contributed by atoms with Gasteiger partial charge in [0.25, 0.3) is 0 Å². The van der Waals surface area contributed by atoms with Crippen molar-refractivity contribution in [1.29, 1.82) is 0 Å². The van der Waals surface area contributed by atoms with E-state index >= 15 is 0 Å².